The number of fused-ring (bicyclic) bond motifs is 3. The lowest BCUT2D eigenvalue weighted by molar-refractivity contribution is -0.150. The number of imidazole rings is 1. The van der Waals surface area contributed by atoms with Crippen molar-refractivity contribution in [2.75, 3.05) is 43.1 Å². The normalized spacial score (nSPS) is 19.2. The Morgan fingerprint density at radius 2 is 1.95 bits per heavy atom. The van der Waals surface area contributed by atoms with E-state index in [2.05, 4.69) is 34.3 Å². The second kappa shape index (κ2) is 9.96. The molecule has 2 atom stereocenters. The minimum atomic E-state index is -4.42. The van der Waals surface area contributed by atoms with Crippen LogP contribution in [0.3, 0.4) is 0 Å². The topological polar surface area (TPSA) is 75.0 Å². The van der Waals surface area contributed by atoms with Crippen molar-refractivity contribution in [2.24, 2.45) is 5.92 Å². The highest BCUT2D eigenvalue weighted by Crippen LogP contribution is 2.37. The number of piperazine rings is 1. The zero-order valence-electron chi connectivity index (χ0n) is 22.6. The number of alkyl halides is 3. The molecule has 1 amide bonds. The molecule has 40 heavy (non-hydrogen) atoms. The minimum absolute atomic E-state index is 0.0291. The standard InChI is InChI=1S/C29H31F3N6O2/c1-17-14-36(28(39)20-15-40-16-20)11-12-37(17)21-7-8-23-24(13-21)26(35-38-10-9-33-27(23)38)34-19(3)22-5-4-6-25(18(22)2)29(30,31)32/h4-10,13,17,19-20H,11-12,14-16H2,1-3H3,(H,34,35). The van der Waals surface area contributed by atoms with Gasteiger partial charge in [0.25, 0.3) is 0 Å². The molecule has 0 bridgehead atoms. The van der Waals surface area contributed by atoms with E-state index in [1.165, 1.54) is 13.0 Å². The van der Waals surface area contributed by atoms with Crippen molar-refractivity contribution in [2.45, 2.75) is 39.0 Å². The smallest absolute Gasteiger partial charge is 0.380 e. The van der Waals surface area contributed by atoms with E-state index in [0.29, 0.717) is 49.9 Å². The van der Waals surface area contributed by atoms with Gasteiger partial charge in [-0.15, -0.1) is 5.10 Å². The molecule has 11 heteroatoms. The highest BCUT2D eigenvalue weighted by Gasteiger charge is 2.35. The van der Waals surface area contributed by atoms with Crippen LogP contribution >= 0.6 is 0 Å². The molecule has 0 aliphatic carbocycles. The molecule has 2 fully saturated rings. The number of nitrogens with one attached hydrogen (secondary N) is 1. The third kappa shape index (κ3) is 4.61. The Morgan fingerprint density at radius 3 is 2.65 bits per heavy atom. The number of carbonyl (C=O) groups is 1. The Morgan fingerprint density at radius 1 is 1.15 bits per heavy atom. The van der Waals surface area contributed by atoms with Gasteiger partial charge in [-0.25, -0.2) is 9.50 Å². The molecule has 2 aromatic carbocycles. The number of aromatic nitrogens is 3. The molecule has 0 spiro atoms. The number of nitrogens with zero attached hydrogens (tertiary/aromatic N) is 5. The molecule has 4 aromatic rings. The van der Waals surface area contributed by atoms with Crippen LogP contribution in [-0.2, 0) is 15.7 Å². The Balaban J connectivity index is 1.33. The zero-order valence-corrected chi connectivity index (χ0v) is 22.6. The van der Waals surface area contributed by atoms with Crippen LogP contribution in [-0.4, -0.2) is 64.3 Å². The van der Waals surface area contributed by atoms with Crippen LogP contribution in [0.1, 0.15) is 36.6 Å². The first-order valence-corrected chi connectivity index (χ1v) is 13.5. The molecule has 0 radical (unpaired) electrons. The second-order valence-corrected chi connectivity index (χ2v) is 10.7. The predicted molar refractivity (Wildman–Crippen MR) is 146 cm³/mol. The summed E-state index contributed by atoms with van der Waals surface area (Å²) in [7, 11) is 0. The summed E-state index contributed by atoms with van der Waals surface area (Å²) in [5.74, 6) is 0.684. The molecule has 6 rings (SSSR count). The maximum absolute atomic E-state index is 13.6. The highest BCUT2D eigenvalue weighted by atomic mass is 19.4. The third-order valence-corrected chi connectivity index (χ3v) is 8.09. The monoisotopic (exact) mass is 552 g/mol. The van der Waals surface area contributed by atoms with Crippen LogP contribution in [0.5, 0.6) is 0 Å². The number of hydrogen-bond donors (Lipinski definition) is 1. The molecule has 4 heterocycles. The van der Waals surface area contributed by atoms with E-state index in [9.17, 15) is 18.0 Å². The Labute approximate surface area is 229 Å². The van der Waals surface area contributed by atoms with E-state index >= 15 is 0 Å². The van der Waals surface area contributed by atoms with Crippen LogP contribution < -0.4 is 10.2 Å². The summed E-state index contributed by atoms with van der Waals surface area (Å²) < 4.78 is 47.6. The number of amides is 1. The molecular weight excluding hydrogens is 521 g/mol. The molecule has 2 aliphatic heterocycles. The van der Waals surface area contributed by atoms with Crippen molar-refractivity contribution in [1.29, 1.82) is 0 Å². The zero-order chi connectivity index (χ0) is 28.2. The van der Waals surface area contributed by atoms with Gasteiger partial charge in [-0.05, 0) is 56.2 Å². The summed E-state index contributed by atoms with van der Waals surface area (Å²) in [6, 6.07) is 10.0. The largest absolute Gasteiger partial charge is 0.416 e. The van der Waals surface area contributed by atoms with E-state index in [-0.39, 0.29) is 23.4 Å². The number of rotatable bonds is 5. The molecule has 0 saturated carbocycles. The summed E-state index contributed by atoms with van der Waals surface area (Å²) in [5.41, 5.74) is 1.79. The number of ether oxygens (including phenoxy) is 1. The lowest BCUT2D eigenvalue weighted by atomic mass is 9.97. The number of benzene rings is 2. The second-order valence-electron chi connectivity index (χ2n) is 10.7. The van der Waals surface area contributed by atoms with Crippen molar-refractivity contribution in [1.82, 2.24) is 19.5 Å². The maximum Gasteiger partial charge on any atom is 0.416 e. The molecule has 8 nitrogen and oxygen atoms in total. The molecule has 2 aromatic heterocycles. The van der Waals surface area contributed by atoms with Gasteiger partial charge < -0.3 is 19.9 Å². The summed E-state index contributed by atoms with van der Waals surface area (Å²) in [4.78, 5) is 21.4. The molecule has 210 valence electrons. The van der Waals surface area contributed by atoms with E-state index in [0.717, 1.165) is 22.5 Å². The van der Waals surface area contributed by atoms with Gasteiger partial charge in [0.05, 0.1) is 30.7 Å². The Bertz CT molecular complexity index is 1580. The minimum Gasteiger partial charge on any atom is -0.380 e. The first-order valence-electron chi connectivity index (χ1n) is 13.5. The third-order valence-electron chi connectivity index (χ3n) is 8.09. The van der Waals surface area contributed by atoms with Crippen molar-refractivity contribution in [3.8, 4) is 0 Å². The van der Waals surface area contributed by atoms with Crippen molar-refractivity contribution in [3.05, 3.63) is 65.5 Å². The lowest BCUT2D eigenvalue weighted by Crippen LogP contribution is -2.56. The highest BCUT2D eigenvalue weighted by molar-refractivity contribution is 6.01. The fourth-order valence-corrected chi connectivity index (χ4v) is 5.83. The summed E-state index contributed by atoms with van der Waals surface area (Å²) in [6.07, 6.45) is -1.00. The summed E-state index contributed by atoms with van der Waals surface area (Å²) >= 11 is 0. The van der Waals surface area contributed by atoms with Crippen molar-refractivity contribution < 1.29 is 22.7 Å². The number of carbonyl (C=O) groups excluding carboxylic acids is 1. The average molecular weight is 553 g/mol. The van der Waals surface area contributed by atoms with Crippen LogP contribution in [0, 0.1) is 12.8 Å². The SMILES string of the molecule is Cc1c(C(C)Nc2nn3ccnc3c3ccc(N4CCN(C(=O)C5COC5)CC4C)cc23)cccc1C(F)(F)F. The Hall–Kier alpha value is -3.86. The average Bonchev–Trinajstić information content (AvgIpc) is 3.35. The van der Waals surface area contributed by atoms with Gasteiger partial charge in [0.2, 0.25) is 5.91 Å². The van der Waals surface area contributed by atoms with Gasteiger partial charge in [0, 0.05) is 54.5 Å². The molecular formula is C29H31F3N6O2. The van der Waals surface area contributed by atoms with Gasteiger partial charge in [-0.1, -0.05) is 12.1 Å². The van der Waals surface area contributed by atoms with Crippen molar-refractivity contribution >= 4 is 33.8 Å². The van der Waals surface area contributed by atoms with Gasteiger partial charge in [-0.3, -0.25) is 4.79 Å². The number of hydrogen-bond acceptors (Lipinski definition) is 6. The number of anilines is 2. The van der Waals surface area contributed by atoms with Gasteiger partial charge in [0.1, 0.15) is 0 Å². The lowest BCUT2D eigenvalue weighted by Gasteiger charge is -2.43. The van der Waals surface area contributed by atoms with E-state index in [1.54, 1.807) is 23.0 Å². The van der Waals surface area contributed by atoms with E-state index < -0.39 is 17.8 Å². The fraction of sp³-hybridized carbons (Fsp3) is 0.414. The molecule has 1 N–H and O–H groups in total. The quantitative estimate of drug-likeness (QED) is 0.373. The predicted octanol–water partition coefficient (Wildman–Crippen LogP) is 5.07. The van der Waals surface area contributed by atoms with E-state index in [1.807, 2.05) is 17.9 Å². The van der Waals surface area contributed by atoms with Crippen LogP contribution in [0.2, 0.25) is 0 Å². The maximum atomic E-state index is 13.6. The van der Waals surface area contributed by atoms with Gasteiger partial charge >= 0.3 is 6.18 Å². The fourth-order valence-electron chi connectivity index (χ4n) is 5.83. The summed E-state index contributed by atoms with van der Waals surface area (Å²) in [5, 5.41) is 9.83. The number of halogens is 3. The molecule has 2 aliphatic rings. The van der Waals surface area contributed by atoms with Crippen LogP contribution in [0.25, 0.3) is 16.4 Å². The first kappa shape index (κ1) is 26.4. The molecule has 2 saturated heterocycles. The van der Waals surface area contributed by atoms with Gasteiger partial charge in [0.15, 0.2) is 11.5 Å². The molecule has 2 unspecified atom stereocenters. The van der Waals surface area contributed by atoms with Crippen LogP contribution in [0.15, 0.2) is 48.8 Å². The summed E-state index contributed by atoms with van der Waals surface area (Å²) in [6.45, 7) is 8.39. The Kier molecular flexibility index (Phi) is 6.56. The van der Waals surface area contributed by atoms with Crippen molar-refractivity contribution in [3.63, 3.8) is 0 Å². The van der Waals surface area contributed by atoms with Crippen LogP contribution in [0.4, 0.5) is 24.7 Å². The van der Waals surface area contributed by atoms with E-state index in [4.69, 9.17) is 9.84 Å². The first-order chi connectivity index (χ1) is 19.1. The van der Waals surface area contributed by atoms with Gasteiger partial charge in [-0.2, -0.15) is 13.2 Å².